The number of ether oxygens (including phenoxy) is 1. The normalized spacial score (nSPS) is 11.9. The number of hydrogen-bond donors (Lipinski definition) is 1. The maximum absolute atomic E-state index is 12.6. The van der Waals surface area contributed by atoms with E-state index in [1.54, 1.807) is 0 Å². The van der Waals surface area contributed by atoms with Gasteiger partial charge in [-0.25, -0.2) is 4.57 Å². The maximum Gasteiger partial charge on any atom is 0.252 e. The first-order valence-corrected chi connectivity index (χ1v) is 14.1. The average Bonchev–Trinajstić information content (AvgIpc) is 2.86. The molecule has 1 atom stereocenters. The van der Waals surface area contributed by atoms with Gasteiger partial charge in [-0.05, 0) is 30.5 Å². The first kappa shape index (κ1) is 29.2. The van der Waals surface area contributed by atoms with Crippen molar-refractivity contribution in [3.05, 3.63) is 58.9 Å². The summed E-state index contributed by atoms with van der Waals surface area (Å²) in [5, 5.41) is 3.71. The predicted molar refractivity (Wildman–Crippen MR) is 146 cm³/mol. The van der Waals surface area contributed by atoms with Crippen LogP contribution in [-0.2, 0) is 7.05 Å². The molecule has 0 saturated carbocycles. The van der Waals surface area contributed by atoms with Crippen molar-refractivity contribution in [1.82, 2.24) is 5.32 Å². The lowest BCUT2D eigenvalue weighted by molar-refractivity contribution is -0.671. The molecule has 0 fully saturated rings. The van der Waals surface area contributed by atoms with Crippen molar-refractivity contribution in [3.8, 4) is 5.75 Å². The van der Waals surface area contributed by atoms with Crippen LogP contribution in [0.3, 0.4) is 0 Å². The number of pyridine rings is 1. The first-order valence-electron chi connectivity index (χ1n) is 13.7. The number of hydrogen-bond acceptors (Lipinski definition) is 2. The van der Waals surface area contributed by atoms with Gasteiger partial charge in [-0.1, -0.05) is 102 Å². The number of nitrogens with one attached hydrogen (secondary N) is 1. The van der Waals surface area contributed by atoms with E-state index in [1.807, 2.05) is 54.3 Å². The van der Waals surface area contributed by atoms with Gasteiger partial charge in [0.2, 0.25) is 0 Å². The zero-order chi connectivity index (χ0) is 25.3. The predicted octanol–water partition coefficient (Wildman–Crippen LogP) is 8.13. The smallest absolute Gasteiger partial charge is 0.252 e. The molecule has 194 valence electrons. The van der Waals surface area contributed by atoms with Crippen molar-refractivity contribution >= 4 is 17.5 Å². The van der Waals surface area contributed by atoms with Crippen molar-refractivity contribution in [3.63, 3.8) is 0 Å². The molecule has 1 heterocycles. The monoisotopic (exact) mass is 501 g/mol. The highest BCUT2D eigenvalue weighted by Gasteiger charge is 2.16. The highest BCUT2D eigenvalue weighted by molar-refractivity contribution is 6.32. The Morgan fingerprint density at radius 2 is 1.46 bits per heavy atom. The SMILES string of the molecule is CCCCCCCCCCCCCCOc1ccc(C(CC)NC(=O)c2cc[n+](C)cc2)cc1Cl. The third kappa shape index (κ3) is 11.5. The lowest BCUT2D eigenvalue weighted by Gasteiger charge is -2.18. The number of aryl methyl sites for hydroxylation is 1. The average molecular weight is 502 g/mol. The number of unbranched alkanes of at least 4 members (excludes halogenated alkanes) is 11. The van der Waals surface area contributed by atoms with E-state index in [9.17, 15) is 4.79 Å². The minimum Gasteiger partial charge on any atom is -0.492 e. The second kappa shape index (κ2) is 17.4. The second-order valence-electron chi connectivity index (χ2n) is 9.61. The Kier molecular flexibility index (Phi) is 14.5. The molecular weight excluding hydrogens is 456 g/mol. The molecule has 35 heavy (non-hydrogen) atoms. The molecule has 0 bridgehead atoms. The fourth-order valence-corrected chi connectivity index (χ4v) is 4.53. The molecule has 1 N–H and O–H groups in total. The summed E-state index contributed by atoms with van der Waals surface area (Å²) in [6.45, 7) is 5.02. The van der Waals surface area contributed by atoms with Crippen LogP contribution in [0.4, 0.5) is 0 Å². The number of amides is 1. The van der Waals surface area contributed by atoms with Gasteiger partial charge in [0, 0.05) is 12.1 Å². The highest BCUT2D eigenvalue weighted by atomic mass is 35.5. The van der Waals surface area contributed by atoms with Gasteiger partial charge in [0.25, 0.3) is 5.91 Å². The van der Waals surface area contributed by atoms with Gasteiger partial charge in [0.05, 0.1) is 23.2 Å². The molecule has 1 aromatic carbocycles. The standard InChI is InChI=1S/C30H45ClN2O2/c1-4-6-7-8-9-10-11-12-13-14-15-16-23-35-29-18-17-26(24-27(29)31)28(5-2)32-30(34)25-19-21-33(3)22-20-25/h17-22,24,28H,4-16,23H2,1-3H3/p+1. The van der Waals surface area contributed by atoms with Gasteiger partial charge in [-0.2, -0.15) is 0 Å². The first-order chi connectivity index (χ1) is 17.0. The maximum atomic E-state index is 12.6. The van der Waals surface area contributed by atoms with Crippen molar-refractivity contribution in [1.29, 1.82) is 0 Å². The molecule has 0 spiro atoms. The van der Waals surface area contributed by atoms with Crippen LogP contribution < -0.4 is 14.6 Å². The Hall–Kier alpha value is -2.07. The van der Waals surface area contributed by atoms with Crippen molar-refractivity contribution in [2.75, 3.05) is 6.61 Å². The molecule has 0 aliphatic rings. The zero-order valence-corrected chi connectivity index (χ0v) is 22.9. The van der Waals surface area contributed by atoms with Crippen LogP contribution in [-0.4, -0.2) is 12.5 Å². The van der Waals surface area contributed by atoms with E-state index < -0.39 is 0 Å². The van der Waals surface area contributed by atoms with Gasteiger partial charge in [-0.15, -0.1) is 0 Å². The van der Waals surface area contributed by atoms with Crippen LogP contribution in [0.25, 0.3) is 0 Å². The van der Waals surface area contributed by atoms with Gasteiger partial charge in [-0.3, -0.25) is 4.79 Å². The Morgan fingerprint density at radius 1 is 0.886 bits per heavy atom. The zero-order valence-electron chi connectivity index (χ0n) is 22.2. The Balaban J connectivity index is 1.65. The summed E-state index contributed by atoms with van der Waals surface area (Å²) < 4.78 is 7.84. The lowest BCUT2D eigenvalue weighted by atomic mass is 10.0. The van der Waals surface area contributed by atoms with Crippen LogP contribution in [0, 0.1) is 0 Å². The van der Waals surface area contributed by atoms with Gasteiger partial charge < -0.3 is 10.1 Å². The van der Waals surface area contributed by atoms with E-state index in [0.717, 1.165) is 24.2 Å². The topological polar surface area (TPSA) is 42.2 Å². The van der Waals surface area contributed by atoms with Crippen molar-refractivity contribution < 1.29 is 14.1 Å². The minimum atomic E-state index is -0.0978. The van der Waals surface area contributed by atoms with Gasteiger partial charge >= 0.3 is 0 Å². The molecule has 1 unspecified atom stereocenters. The second-order valence-corrected chi connectivity index (χ2v) is 10.0. The number of rotatable bonds is 18. The fraction of sp³-hybridized carbons (Fsp3) is 0.600. The summed E-state index contributed by atoms with van der Waals surface area (Å²) in [4.78, 5) is 12.6. The molecule has 0 saturated heterocycles. The Bertz CT molecular complexity index is 854. The molecule has 0 aliphatic carbocycles. The number of aromatic nitrogens is 1. The van der Waals surface area contributed by atoms with Gasteiger partial charge in [0.1, 0.15) is 12.8 Å². The summed E-state index contributed by atoms with van der Waals surface area (Å²) in [6, 6.07) is 9.39. The fourth-order valence-electron chi connectivity index (χ4n) is 4.29. The summed E-state index contributed by atoms with van der Waals surface area (Å²) >= 11 is 6.51. The summed E-state index contributed by atoms with van der Waals surface area (Å²) in [6.07, 6.45) is 20.5. The number of carbonyl (C=O) groups excluding carboxylic acids is 1. The van der Waals surface area contributed by atoms with E-state index in [-0.39, 0.29) is 11.9 Å². The molecule has 4 nitrogen and oxygen atoms in total. The largest absolute Gasteiger partial charge is 0.492 e. The molecule has 0 aliphatic heterocycles. The third-order valence-corrected chi connectivity index (χ3v) is 6.86. The van der Waals surface area contributed by atoms with E-state index in [4.69, 9.17) is 16.3 Å². The molecule has 2 aromatic rings. The van der Waals surface area contributed by atoms with E-state index >= 15 is 0 Å². The Labute approximate surface area is 218 Å². The van der Waals surface area contributed by atoms with Crippen LogP contribution >= 0.6 is 11.6 Å². The van der Waals surface area contributed by atoms with Crippen LogP contribution in [0.5, 0.6) is 5.75 Å². The van der Waals surface area contributed by atoms with Crippen molar-refractivity contribution in [2.45, 2.75) is 103 Å². The molecule has 0 radical (unpaired) electrons. The van der Waals surface area contributed by atoms with Gasteiger partial charge in [0.15, 0.2) is 12.4 Å². The van der Waals surface area contributed by atoms with Crippen LogP contribution in [0.2, 0.25) is 5.02 Å². The molecule has 2 rings (SSSR count). The quantitative estimate of drug-likeness (QED) is 0.165. The lowest BCUT2D eigenvalue weighted by Crippen LogP contribution is -2.30. The van der Waals surface area contributed by atoms with E-state index in [2.05, 4.69) is 19.2 Å². The number of carbonyl (C=O) groups is 1. The molecular formula is C30H46ClN2O2+. The highest BCUT2D eigenvalue weighted by Crippen LogP contribution is 2.29. The summed E-state index contributed by atoms with van der Waals surface area (Å²) in [5.41, 5.74) is 1.64. The molecule has 5 heteroatoms. The third-order valence-electron chi connectivity index (χ3n) is 6.57. The van der Waals surface area contributed by atoms with Crippen molar-refractivity contribution in [2.24, 2.45) is 7.05 Å². The Morgan fingerprint density at radius 3 is 2.00 bits per heavy atom. The number of halogens is 1. The van der Waals surface area contributed by atoms with E-state index in [1.165, 1.54) is 70.6 Å². The summed E-state index contributed by atoms with van der Waals surface area (Å²) in [5.74, 6) is 0.635. The van der Waals surface area contributed by atoms with Crippen LogP contribution in [0.15, 0.2) is 42.7 Å². The minimum absolute atomic E-state index is 0.0825. The number of benzene rings is 1. The molecule has 1 aromatic heterocycles. The van der Waals surface area contributed by atoms with E-state index in [0.29, 0.717) is 17.2 Å². The molecule has 1 amide bonds. The number of nitrogens with zero attached hydrogens (tertiary/aromatic N) is 1. The summed E-state index contributed by atoms with van der Waals surface area (Å²) in [7, 11) is 1.93. The van der Waals surface area contributed by atoms with Crippen LogP contribution in [0.1, 0.15) is 119 Å².